The third kappa shape index (κ3) is 2.86. The molecule has 0 bridgehead atoms. The lowest BCUT2D eigenvalue weighted by molar-refractivity contribution is 0.384. The third-order valence-electron chi connectivity index (χ3n) is 2.97. The van der Waals surface area contributed by atoms with Crippen molar-refractivity contribution in [2.24, 2.45) is 7.05 Å². The highest BCUT2D eigenvalue weighted by atomic mass is 32.2. The van der Waals surface area contributed by atoms with Crippen LogP contribution in [-0.4, -0.2) is 19.7 Å². The van der Waals surface area contributed by atoms with Gasteiger partial charge in [0.2, 0.25) is 5.89 Å². The number of fused-ring (bicyclic) bond motifs is 1. The molecule has 3 aromatic heterocycles. The molecule has 0 atom stereocenters. The van der Waals surface area contributed by atoms with Gasteiger partial charge in [-0.2, -0.15) is 4.98 Å². The van der Waals surface area contributed by atoms with Gasteiger partial charge in [-0.05, 0) is 17.9 Å². The van der Waals surface area contributed by atoms with Gasteiger partial charge in [-0.3, -0.25) is 9.36 Å². The van der Waals surface area contributed by atoms with Gasteiger partial charge in [0.05, 0.1) is 11.1 Å². The molecule has 0 N–H and O–H groups in total. The summed E-state index contributed by atoms with van der Waals surface area (Å²) in [6.07, 6.45) is 1.79. The summed E-state index contributed by atoms with van der Waals surface area (Å²) in [4.78, 5) is 21.8. The molecule has 0 radical (unpaired) electrons. The van der Waals surface area contributed by atoms with Gasteiger partial charge in [-0.15, -0.1) is 11.3 Å². The lowest BCUT2D eigenvalue weighted by Gasteiger charge is -2.05. The summed E-state index contributed by atoms with van der Waals surface area (Å²) in [6.45, 7) is 2.07. The SMILES string of the molecule is CCCc1noc(CSc2nc3sccc3c(=O)n2C)n1. The van der Waals surface area contributed by atoms with Crippen LogP contribution in [0.1, 0.15) is 25.1 Å². The lowest BCUT2D eigenvalue weighted by Crippen LogP contribution is -2.19. The Morgan fingerprint density at radius 2 is 2.29 bits per heavy atom. The standard InChI is InChI=1S/C13H14N4O2S2/c1-3-4-9-14-10(19-16-9)7-21-13-15-11-8(5-6-20-11)12(18)17(13)2/h5-6H,3-4,7H2,1-2H3. The van der Waals surface area contributed by atoms with Gasteiger partial charge < -0.3 is 4.52 Å². The smallest absolute Gasteiger partial charge is 0.262 e. The second kappa shape index (κ2) is 5.98. The molecule has 3 heterocycles. The number of hydrogen-bond acceptors (Lipinski definition) is 7. The molecule has 0 unspecified atom stereocenters. The molecule has 110 valence electrons. The van der Waals surface area contributed by atoms with E-state index in [2.05, 4.69) is 22.0 Å². The van der Waals surface area contributed by atoms with E-state index in [0.717, 1.165) is 23.5 Å². The van der Waals surface area contributed by atoms with Gasteiger partial charge in [-0.1, -0.05) is 23.8 Å². The molecule has 0 aliphatic carbocycles. The van der Waals surface area contributed by atoms with E-state index in [-0.39, 0.29) is 5.56 Å². The second-order valence-corrected chi connectivity index (χ2v) is 6.38. The van der Waals surface area contributed by atoms with Gasteiger partial charge in [0.15, 0.2) is 11.0 Å². The number of rotatable bonds is 5. The molecule has 3 aromatic rings. The van der Waals surface area contributed by atoms with Gasteiger partial charge >= 0.3 is 0 Å². The molecule has 0 amide bonds. The van der Waals surface area contributed by atoms with E-state index in [4.69, 9.17) is 4.52 Å². The van der Waals surface area contributed by atoms with Crippen LogP contribution in [0.2, 0.25) is 0 Å². The fourth-order valence-corrected chi connectivity index (χ4v) is 3.52. The predicted octanol–water partition coefficient (Wildman–Crippen LogP) is 2.62. The van der Waals surface area contributed by atoms with Crippen molar-refractivity contribution in [3.8, 4) is 0 Å². The highest BCUT2D eigenvalue weighted by molar-refractivity contribution is 7.98. The Balaban J connectivity index is 1.81. The van der Waals surface area contributed by atoms with Crippen LogP contribution in [0.5, 0.6) is 0 Å². The Hall–Kier alpha value is -1.67. The molecule has 3 rings (SSSR count). The van der Waals surface area contributed by atoms with Crippen LogP contribution in [0.15, 0.2) is 25.9 Å². The highest BCUT2D eigenvalue weighted by Crippen LogP contribution is 2.23. The molecule has 0 saturated heterocycles. The zero-order chi connectivity index (χ0) is 14.8. The van der Waals surface area contributed by atoms with Gasteiger partial charge in [-0.25, -0.2) is 4.98 Å². The number of aryl methyl sites for hydroxylation is 1. The van der Waals surface area contributed by atoms with Crippen LogP contribution in [0.25, 0.3) is 10.2 Å². The Bertz CT molecular complexity index is 821. The van der Waals surface area contributed by atoms with E-state index < -0.39 is 0 Å². The van der Waals surface area contributed by atoms with Crippen molar-refractivity contribution < 1.29 is 4.52 Å². The summed E-state index contributed by atoms with van der Waals surface area (Å²) in [5, 5.41) is 7.11. The summed E-state index contributed by atoms with van der Waals surface area (Å²) < 4.78 is 6.75. The largest absolute Gasteiger partial charge is 0.338 e. The normalized spacial score (nSPS) is 11.3. The molecule has 8 heteroatoms. The zero-order valence-corrected chi connectivity index (χ0v) is 13.3. The van der Waals surface area contributed by atoms with Gasteiger partial charge in [0, 0.05) is 13.5 Å². The highest BCUT2D eigenvalue weighted by Gasteiger charge is 2.12. The van der Waals surface area contributed by atoms with E-state index in [9.17, 15) is 4.79 Å². The molecular formula is C13H14N4O2S2. The fraction of sp³-hybridized carbons (Fsp3) is 0.385. The molecule has 0 saturated carbocycles. The molecule has 0 spiro atoms. The number of nitrogens with zero attached hydrogens (tertiary/aromatic N) is 4. The third-order valence-corrected chi connectivity index (χ3v) is 4.79. The summed E-state index contributed by atoms with van der Waals surface area (Å²) in [7, 11) is 1.73. The van der Waals surface area contributed by atoms with Crippen molar-refractivity contribution in [2.45, 2.75) is 30.7 Å². The minimum Gasteiger partial charge on any atom is -0.338 e. The first-order chi connectivity index (χ1) is 10.2. The van der Waals surface area contributed by atoms with Crippen LogP contribution in [0.3, 0.4) is 0 Å². The van der Waals surface area contributed by atoms with Crippen molar-refractivity contribution in [1.29, 1.82) is 0 Å². The second-order valence-electron chi connectivity index (χ2n) is 4.54. The predicted molar refractivity (Wildman–Crippen MR) is 82.7 cm³/mol. The molecular weight excluding hydrogens is 308 g/mol. The first-order valence-corrected chi connectivity index (χ1v) is 8.44. The van der Waals surface area contributed by atoms with E-state index in [0.29, 0.717) is 22.2 Å². The fourth-order valence-electron chi connectivity index (χ4n) is 1.91. The summed E-state index contributed by atoms with van der Waals surface area (Å²) in [6, 6.07) is 1.80. The maximum atomic E-state index is 12.2. The Labute approximate surface area is 129 Å². The average molecular weight is 322 g/mol. The van der Waals surface area contributed by atoms with Crippen LogP contribution < -0.4 is 5.56 Å². The van der Waals surface area contributed by atoms with Crippen LogP contribution in [-0.2, 0) is 19.2 Å². The topological polar surface area (TPSA) is 73.8 Å². The summed E-state index contributed by atoms with van der Waals surface area (Å²) in [5.74, 6) is 1.79. The van der Waals surface area contributed by atoms with Crippen LogP contribution in [0, 0.1) is 0 Å². The summed E-state index contributed by atoms with van der Waals surface area (Å²) >= 11 is 2.89. The first-order valence-electron chi connectivity index (χ1n) is 6.57. The number of thioether (sulfide) groups is 1. The minimum absolute atomic E-state index is 0.0269. The quantitative estimate of drug-likeness (QED) is 0.531. The van der Waals surface area contributed by atoms with E-state index in [1.165, 1.54) is 23.1 Å². The molecule has 6 nitrogen and oxygen atoms in total. The van der Waals surface area contributed by atoms with Crippen molar-refractivity contribution in [1.82, 2.24) is 19.7 Å². The number of hydrogen-bond donors (Lipinski definition) is 0. The lowest BCUT2D eigenvalue weighted by atomic mass is 10.3. The summed E-state index contributed by atoms with van der Waals surface area (Å²) in [5.41, 5.74) is -0.0269. The minimum atomic E-state index is -0.0269. The van der Waals surface area contributed by atoms with E-state index in [1.807, 2.05) is 5.38 Å². The monoisotopic (exact) mass is 322 g/mol. The van der Waals surface area contributed by atoms with Crippen molar-refractivity contribution in [3.63, 3.8) is 0 Å². The molecule has 0 aliphatic rings. The molecule has 0 aliphatic heterocycles. The molecule has 21 heavy (non-hydrogen) atoms. The average Bonchev–Trinajstić information content (AvgIpc) is 3.11. The van der Waals surface area contributed by atoms with E-state index >= 15 is 0 Å². The zero-order valence-electron chi connectivity index (χ0n) is 11.7. The van der Waals surface area contributed by atoms with Crippen molar-refractivity contribution >= 4 is 33.3 Å². The van der Waals surface area contributed by atoms with Gasteiger partial charge in [0.1, 0.15) is 4.83 Å². The first kappa shape index (κ1) is 14.3. The van der Waals surface area contributed by atoms with Crippen molar-refractivity contribution in [3.05, 3.63) is 33.5 Å². The number of aromatic nitrogens is 4. The maximum absolute atomic E-state index is 12.2. The Kier molecular flexibility index (Phi) is 4.07. The number of thiophene rings is 1. The maximum Gasteiger partial charge on any atom is 0.262 e. The van der Waals surface area contributed by atoms with Crippen molar-refractivity contribution in [2.75, 3.05) is 0 Å². The molecule has 0 fully saturated rings. The Morgan fingerprint density at radius 1 is 1.43 bits per heavy atom. The van der Waals surface area contributed by atoms with Crippen LogP contribution in [0.4, 0.5) is 0 Å². The van der Waals surface area contributed by atoms with Gasteiger partial charge in [0.25, 0.3) is 5.56 Å². The Morgan fingerprint density at radius 3 is 3.10 bits per heavy atom. The van der Waals surface area contributed by atoms with Crippen LogP contribution >= 0.6 is 23.1 Å². The van der Waals surface area contributed by atoms with E-state index in [1.54, 1.807) is 17.7 Å². The molecule has 0 aromatic carbocycles.